The SMILES string of the molecule is O=C(O)c1cn(C2CCC(N3CCCC3=O)CC2)c(=O)n(C2CCc3c2cccc3C(F)(F)F)c1=O. The maximum absolute atomic E-state index is 13.6. The van der Waals surface area contributed by atoms with E-state index in [1.807, 2.05) is 4.90 Å². The monoisotopic (exact) mass is 505 g/mol. The standard InChI is InChI=1S/C25H26F3N3O5/c26-25(27,28)19-4-1-3-17-16(19)10-11-20(17)31-22(33)18(23(34)35)13-30(24(31)36)15-8-6-14(7-9-15)29-12-2-5-21(29)32/h1,3-4,13-15,20H,2,5-12H2,(H,34,35). The molecular formula is C25H26F3N3O5. The van der Waals surface area contributed by atoms with Crippen molar-refractivity contribution >= 4 is 11.9 Å². The first kappa shape index (κ1) is 24.3. The van der Waals surface area contributed by atoms with Crippen LogP contribution in [-0.2, 0) is 17.4 Å². The fourth-order valence-electron chi connectivity index (χ4n) is 6.14. The van der Waals surface area contributed by atoms with Gasteiger partial charge in [0.25, 0.3) is 5.56 Å². The Morgan fingerprint density at radius 2 is 1.67 bits per heavy atom. The van der Waals surface area contributed by atoms with Crippen molar-refractivity contribution in [1.29, 1.82) is 0 Å². The molecular weight excluding hydrogens is 479 g/mol. The van der Waals surface area contributed by atoms with Gasteiger partial charge in [-0.05, 0) is 62.1 Å². The Balaban J connectivity index is 1.53. The Hall–Kier alpha value is -3.37. The molecule has 192 valence electrons. The molecule has 1 aliphatic heterocycles. The molecule has 0 spiro atoms. The average Bonchev–Trinajstić information content (AvgIpc) is 3.45. The maximum Gasteiger partial charge on any atom is 0.416 e. The van der Waals surface area contributed by atoms with Crippen LogP contribution in [-0.4, -0.2) is 43.6 Å². The van der Waals surface area contributed by atoms with Gasteiger partial charge in [0.05, 0.1) is 11.6 Å². The summed E-state index contributed by atoms with van der Waals surface area (Å²) in [6.07, 6.45) is 0.280. The van der Waals surface area contributed by atoms with E-state index in [0.29, 0.717) is 38.6 Å². The van der Waals surface area contributed by atoms with E-state index in [9.17, 15) is 37.5 Å². The summed E-state index contributed by atoms with van der Waals surface area (Å²) in [6, 6.07) is 2.39. The molecule has 11 heteroatoms. The number of nitrogens with zero attached hydrogens (tertiary/aromatic N) is 3. The van der Waals surface area contributed by atoms with Gasteiger partial charge in [-0.25, -0.2) is 9.59 Å². The number of fused-ring (bicyclic) bond motifs is 1. The second-order valence-corrected chi connectivity index (χ2v) is 9.79. The number of benzene rings is 1. The average molecular weight is 505 g/mol. The number of halogens is 3. The zero-order valence-electron chi connectivity index (χ0n) is 19.5. The molecule has 2 fully saturated rings. The van der Waals surface area contributed by atoms with Gasteiger partial charge in [0.2, 0.25) is 5.91 Å². The molecule has 0 radical (unpaired) electrons. The number of amides is 1. The molecule has 1 amide bonds. The maximum atomic E-state index is 13.6. The Kier molecular flexibility index (Phi) is 6.04. The second-order valence-electron chi connectivity index (χ2n) is 9.79. The second kappa shape index (κ2) is 8.94. The first-order chi connectivity index (χ1) is 17.1. The first-order valence-corrected chi connectivity index (χ1v) is 12.2. The molecule has 1 aromatic heterocycles. The molecule has 0 bridgehead atoms. The molecule has 1 saturated heterocycles. The summed E-state index contributed by atoms with van der Waals surface area (Å²) < 4.78 is 42.7. The van der Waals surface area contributed by atoms with Crippen LogP contribution < -0.4 is 11.2 Å². The molecule has 2 aromatic rings. The van der Waals surface area contributed by atoms with Gasteiger partial charge in [-0.1, -0.05) is 12.1 Å². The van der Waals surface area contributed by atoms with Gasteiger partial charge in [-0.15, -0.1) is 0 Å². The minimum Gasteiger partial charge on any atom is -0.477 e. The molecule has 3 aliphatic rings. The zero-order valence-corrected chi connectivity index (χ0v) is 19.5. The summed E-state index contributed by atoms with van der Waals surface area (Å²) in [5.41, 5.74) is -2.89. The molecule has 1 N–H and O–H groups in total. The zero-order chi connectivity index (χ0) is 25.8. The lowest BCUT2D eigenvalue weighted by Crippen LogP contribution is -2.46. The minimum absolute atomic E-state index is 0.0217. The first-order valence-electron chi connectivity index (χ1n) is 12.2. The van der Waals surface area contributed by atoms with Crippen LogP contribution in [0.15, 0.2) is 34.0 Å². The van der Waals surface area contributed by atoms with Crippen molar-refractivity contribution in [3.63, 3.8) is 0 Å². The van der Waals surface area contributed by atoms with Crippen molar-refractivity contribution in [2.75, 3.05) is 6.54 Å². The number of carboxylic acid groups (broad SMARTS) is 1. The summed E-state index contributed by atoms with van der Waals surface area (Å²) in [5, 5.41) is 9.69. The highest BCUT2D eigenvalue weighted by molar-refractivity contribution is 5.86. The third-order valence-electron chi connectivity index (χ3n) is 7.84. The van der Waals surface area contributed by atoms with Crippen LogP contribution in [0.1, 0.15) is 84.1 Å². The number of hydrogen-bond donors (Lipinski definition) is 1. The number of aromatic nitrogens is 2. The van der Waals surface area contributed by atoms with E-state index in [1.54, 1.807) is 0 Å². The normalized spacial score (nSPS) is 24.2. The number of alkyl halides is 3. The van der Waals surface area contributed by atoms with Crippen molar-refractivity contribution in [1.82, 2.24) is 14.0 Å². The predicted octanol–water partition coefficient (Wildman–Crippen LogP) is 3.37. The van der Waals surface area contributed by atoms with E-state index in [4.69, 9.17) is 0 Å². The molecule has 1 unspecified atom stereocenters. The summed E-state index contributed by atoms with van der Waals surface area (Å²) in [7, 11) is 0. The van der Waals surface area contributed by atoms with E-state index in [1.165, 1.54) is 16.7 Å². The smallest absolute Gasteiger partial charge is 0.416 e. The van der Waals surface area contributed by atoms with Crippen LogP contribution in [0.5, 0.6) is 0 Å². The van der Waals surface area contributed by atoms with Crippen LogP contribution in [0.3, 0.4) is 0 Å². The van der Waals surface area contributed by atoms with Crippen molar-refractivity contribution in [2.24, 2.45) is 0 Å². The quantitative estimate of drug-likeness (QED) is 0.687. The van der Waals surface area contributed by atoms with Crippen molar-refractivity contribution in [3.8, 4) is 0 Å². The Morgan fingerprint density at radius 1 is 0.972 bits per heavy atom. The summed E-state index contributed by atoms with van der Waals surface area (Å²) >= 11 is 0. The molecule has 8 nitrogen and oxygen atoms in total. The van der Waals surface area contributed by atoms with Crippen LogP contribution in [0.2, 0.25) is 0 Å². The summed E-state index contributed by atoms with van der Waals surface area (Å²) in [4.78, 5) is 52.6. The molecule has 1 saturated carbocycles. The van der Waals surface area contributed by atoms with Crippen LogP contribution in [0, 0.1) is 0 Å². The number of rotatable bonds is 4. The summed E-state index contributed by atoms with van der Waals surface area (Å²) in [5.74, 6) is -1.38. The van der Waals surface area contributed by atoms with Crippen molar-refractivity contribution in [2.45, 2.75) is 75.7 Å². The molecule has 1 aromatic carbocycles. The number of likely N-dealkylation sites (tertiary alicyclic amines) is 1. The number of carboxylic acids is 1. The summed E-state index contributed by atoms with van der Waals surface area (Å²) in [6.45, 7) is 0.711. The number of hydrogen-bond acceptors (Lipinski definition) is 4. The van der Waals surface area contributed by atoms with Crippen LogP contribution in [0.4, 0.5) is 13.2 Å². The van der Waals surface area contributed by atoms with E-state index in [0.717, 1.165) is 23.3 Å². The molecule has 2 heterocycles. The highest BCUT2D eigenvalue weighted by atomic mass is 19.4. The van der Waals surface area contributed by atoms with Gasteiger partial charge in [-0.2, -0.15) is 13.2 Å². The highest BCUT2D eigenvalue weighted by Crippen LogP contribution is 2.41. The predicted molar refractivity (Wildman–Crippen MR) is 122 cm³/mol. The van der Waals surface area contributed by atoms with Gasteiger partial charge >= 0.3 is 17.8 Å². The van der Waals surface area contributed by atoms with E-state index in [-0.39, 0.29) is 42.0 Å². The number of aromatic carboxylic acids is 1. The Bertz CT molecular complexity index is 1340. The van der Waals surface area contributed by atoms with Gasteiger partial charge in [-0.3, -0.25) is 18.7 Å². The highest BCUT2D eigenvalue weighted by Gasteiger charge is 2.39. The number of carbonyl (C=O) groups excluding carboxylic acids is 1. The third-order valence-corrected chi connectivity index (χ3v) is 7.84. The van der Waals surface area contributed by atoms with E-state index >= 15 is 0 Å². The lowest BCUT2D eigenvalue weighted by Gasteiger charge is -2.35. The fourth-order valence-corrected chi connectivity index (χ4v) is 6.14. The van der Waals surface area contributed by atoms with Crippen molar-refractivity contribution in [3.05, 3.63) is 67.5 Å². The van der Waals surface area contributed by atoms with Crippen LogP contribution >= 0.6 is 0 Å². The third kappa shape index (κ3) is 4.04. The van der Waals surface area contributed by atoms with Gasteiger partial charge < -0.3 is 10.0 Å². The lowest BCUT2D eigenvalue weighted by molar-refractivity contribution is -0.138. The van der Waals surface area contributed by atoms with Gasteiger partial charge in [0, 0.05) is 31.2 Å². The molecule has 5 rings (SSSR count). The Labute approximate surface area is 204 Å². The lowest BCUT2D eigenvalue weighted by atomic mass is 9.90. The van der Waals surface area contributed by atoms with E-state index < -0.39 is 40.6 Å². The van der Waals surface area contributed by atoms with Crippen LogP contribution in [0.25, 0.3) is 0 Å². The Morgan fingerprint density at radius 3 is 2.28 bits per heavy atom. The van der Waals surface area contributed by atoms with Gasteiger partial charge in [0.15, 0.2) is 0 Å². The molecule has 2 aliphatic carbocycles. The fraction of sp³-hybridized carbons (Fsp3) is 0.520. The van der Waals surface area contributed by atoms with Crippen molar-refractivity contribution < 1.29 is 27.9 Å². The van der Waals surface area contributed by atoms with Gasteiger partial charge in [0.1, 0.15) is 5.56 Å². The van der Waals surface area contributed by atoms with E-state index in [2.05, 4.69) is 0 Å². The topological polar surface area (TPSA) is 102 Å². The molecule has 36 heavy (non-hydrogen) atoms. The minimum atomic E-state index is -4.58. The molecule has 1 atom stereocenters. The number of carbonyl (C=O) groups is 2. The largest absolute Gasteiger partial charge is 0.477 e.